The number of hydrogen-bond acceptors (Lipinski definition) is 5. The number of carbonyl (C=O) groups is 2. The van der Waals surface area contributed by atoms with Crippen molar-refractivity contribution in [3.05, 3.63) is 34.0 Å². The van der Waals surface area contributed by atoms with Gasteiger partial charge in [0.1, 0.15) is 0 Å². The SMILES string of the molecule is CCOc1cc(C2NC(=O)NC(C(C)C)=C2C(=O)OC)cc(Cl)c1OC. The van der Waals surface area contributed by atoms with Crippen LogP contribution in [0.1, 0.15) is 32.4 Å². The van der Waals surface area contributed by atoms with Crippen LogP contribution in [0.3, 0.4) is 0 Å². The highest BCUT2D eigenvalue weighted by atomic mass is 35.5. The van der Waals surface area contributed by atoms with Crippen LogP contribution in [0.25, 0.3) is 0 Å². The van der Waals surface area contributed by atoms with Gasteiger partial charge in [-0.05, 0) is 30.5 Å². The Labute approximate surface area is 157 Å². The van der Waals surface area contributed by atoms with Crippen LogP contribution in [0.15, 0.2) is 23.4 Å². The number of nitrogens with one attached hydrogen (secondary N) is 2. The fourth-order valence-corrected chi connectivity index (χ4v) is 3.14. The number of hydrogen-bond donors (Lipinski definition) is 2. The highest BCUT2D eigenvalue weighted by Gasteiger charge is 2.35. The van der Waals surface area contributed by atoms with E-state index in [1.807, 2.05) is 20.8 Å². The standard InChI is InChI=1S/C18H23ClN2O5/c1-6-26-12-8-10(7-11(19)16(12)24-4)15-13(17(22)25-5)14(9(2)3)20-18(23)21-15/h7-9,15H,6H2,1-5H3,(H2,20,21,23). The van der Waals surface area contributed by atoms with Gasteiger partial charge in [-0.2, -0.15) is 0 Å². The zero-order valence-corrected chi connectivity index (χ0v) is 16.2. The molecule has 1 aromatic carbocycles. The Kier molecular flexibility index (Phi) is 6.37. The third-order valence-corrected chi connectivity index (χ3v) is 4.24. The smallest absolute Gasteiger partial charge is 0.337 e. The second-order valence-corrected chi connectivity index (χ2v) is 6.38. The molecule has 0 saturated carbocycles. The van der Waals surface area contributed by atoms with Crippen molar-refractivity contribution in [1.82, 2.24) is 10.6 Å². The van der Waals surface area contributed by atoms with Crippen molar-refractivity contribution in [1.29, 1.82) is 0 Å². The van der Waals surface area contributed by atoms with Gasteiger partial charge in [0.15, 0.2) is 11.5 Å². The molecule has 0 saturated heterocycles. The molecule has 2 amide bonds. The molecule has 1 aliphatic heterocycles. The number of methoxy groups -OCH3 is 2. The lowest BCUT2D eigenvalue weighted by atomic mass is 9.91. The van der Waals surface area contributed by atoms with Crippen LogP contribution in [0.2, 0.25) is 5.02 Å². The maximum atomic E-state index is 12.4. The molecule has 26 heavy (non-hydrogen) atoms. The molecule has 7 nitrogen and oxygen atoms in total. The van der Waals surface area contributed by atoms with Crippen molar-refractivity contribution in [2.24, 2.45) is 5.92 Å². The summed E-state index contributed by atoms with van der Waals surface area (Å²) < 4.78 is 15.8. The highest BCUT2D eigenvalue weighted by Crippen LogP contribution is 2.40. The molecule has 0 bridgehead atoms. The van der Waals surface area contributed by atoms with E-state index in [9.17, 15) is 9.59 Å². The Hall–Kier alpha value is -2.41. The third-order valence-electron chi connectivity index (χ3n) is 3.95. The number of allylic oxidation sites excluding steroid dienone is 1. The molecular weight excluding hydrogens is 360 g/mol. The van der Waals surface area contributed by atoms with Crippen LogP contribution >= 0.6 is 11.6 Å². The topological polar surface area (TPSA) is 85.9 Å². The van der Waals surface area contributed by atoms with Crippen molar-refractivity contribution in [3.63, 3.8) is 0 Å². The number of amides is 2. The largest absolute Gasteiger partial charge is 0.491 e. The van der Waals surface area contributed by atoms with Crippen LogP contribution in [0, 0.1) is 5.92 Å². The predicted octanol–water partition coefficient (Wildman–Crippen LogP) is 3.18. The zero-order chi connectivity index (χ0) is 19.4. The molecule has 1 aliphatic rings. The Bertz CT molecular complexity index is 745. The van der Waals surface area contributed by atoms with Gasteiger partial charge >= 0.3 is 12.0 Å². The second kappa shape index (κ2) is 8.31. The van der Waals surface area contributed by atoms with Gasteiger partial charge in [-0.15, -0.1) is 0 Å². The van der Waals surface area contributed by atoms with Crippen LogP contribution in [0.5, 0.6) is 11.5 Å². The molecule has 2 N–H and O–H groups in total. The summed E-state index contributed by atoms with van der Waals surface area (Å²) in [6, 6.07) is 2.21. The van der Waals surface area contributed by atoms with Gasteiger partial charge in [0, 0.05) is 5.70 Å². The first-order valence-electron chi connectivity index (χ1n) is 8.24. The fraction of sp³-hybridized carbons (Fsp3) is 0.444. The van der Waals surface area contributed by atoms with Gasteiger partial charge in [-0.1, -0.05) is 25.4 Å². The van der Waals surface area contributed by atoms with Crippen molar-refractivity contribution in [2.45, 2.75) is 26.8 Å². The Morgan fingerprint density at radius 3 is 2.54 bits per heavy atom. The molecule has 0 radical (unpaired) electrons. The molecule has 0 aromatic heterocycles. The highest BCUT2D eigenvalue weighted by molar-refractivity contribution is 6.32. The summed E-state index contributed by atoms with van der Waals surface area (Å²) in [6.07, 6.45) is 0. The molecule has 0 aliphatic carbocycles. The van der Waals surface area contributed by atoms with Crippen LogP contribution in [0.4, 0.5) is 4.79 Å². The van der Waals surface area contributed by atoms with Gasteiger partial charge in [0.25, 0.3) is 0 Å². The Morgan fingerprint density at radius 1 is 1.31 bits per heavy atom. The van der Waals surface area contributed by atoms with E-state index in [0.29, 0.717) is 40.0 Å². The number of esters is 1. The minimum atomic E-state index is -0.726. The second-order valence-electron chi connectivity index (χ2n) is 5.97. The quantitative estimate of drug-likeness (QED) is 0.738. The molecule has 142 valence electrons. The van der Waals surface area contributed by atoms with Gasteiger partial charge in [-0.3, -0.25) is 0 Å². The summed E-state index contributed by atoms with van der Waals surface area (Å²) in [6.45, 7) is 6.01. The van der Waals surface area contributed by atoms with Crippen LogP contribution < -0.4 is 20.1 Å². The van der Waals surface area contributed by atoms with Crippen molar-refractivity contribution in [3.8, 4) is 11.5 Å². The van der Waals surface area contributed by atoms with E-state index >= 15 is 0 Å². The summed E-state index contributed by atoms with van der Waals surface area (Å²) in [5.74, 6) is 0.208. The Morgan fingerprint density at radius 2 is 2.00 bits per heavy atom. The van der Waals surface area contributed by atoms with Crippen molar-refractivity contribution < 1.29 is 23.8 Å². The Balaban J connectivity index is 2.65. The van der Waals surface area contributed by atoms with E-state index in [4.69, 9.17) is 25.8 Å². The van der Waals surface area contributed by atoms with Crippen LogP contribution in [-0.2, 0) is 9.53 Å². The first-order chi connectivity index (χ1) is 12.3. The maximum Gasteiger partial charge on any atom is 0.337 e. The zero-order valence-electron chi connectivity index (χ0n) is 15.4. The third kappa shape index (κ3) is 3.88. The number of benzene rings is 1. The van der Waals surface area contributed by atoms with E-state index in [1.165, 1.54) is 14.2 Å². The molecule has 2 rings (SSSR count). The van der Waals surface area contributed by atoms with Gasteiger partial charge in [0.2, 0.25) is 0 Å². The van der Waals surface area contributed by atoms with Crippen LogP contribution in [-0.4, -0.2) is 32.8 Å². The lowest BCUT2D eigenvalue weighted by Crippen LogP contribution is -2.47. The molecule has 1 heterocycles. The molecule has 1 aromatic rings. The number of ether oxygens (including phenoxy) is 3. The summed E-state index contributed by atoms with van der Waals surface area (Å²) >= 11 is 6.32. The minimum absolute atomic E-state index is 0.0854. The van der Waals surface area contributed by atoms with E-state index < -0.39 is 18.0 Å². The normalized spacial score (nSPS) is 16.9. The van der Waals surface area contributed by atoms with Gasteiger partial charge in [-0.25, -0.2) is 9.59 Å². The molecule has 1 atom stereocenters. The summed E-state index contributed by atoms with van der Waals surface area (Å²) in [5, 5.41) is 5.77. The molecule has 0 fully saturated rings. The van der Waals surface area contributed by atoms with E-state index in [1.54, 1.807) is 12.1 Å². The summed E-state index contributed by atoms with van der Waals surface area (Å²) in [4.78, 5) is 24.6. The number of urea groups is 1. The number of halogens is 1. The monoisotopic (exact) mass is 382 g/mol. The van der Waals surface area contributed by atoms with Gasteiger partial charge in [0.05, 0.1) is 37.5 Å². The van der Waals surface area contributed by atoms with E-state index in [2.05, 4.69) is 10.6 Å². The summed E-state index contributed by atoms with van der Waals surface area (Å²) in [5.41, 5.74) is 1.42. The lowest BCUT2D eigenvalue weighted by Gasteiger charge is -2.31. The average molecular weight is 383 g/mol. The maximum absolute atomic E-state index is 12.4. The van der Waals surface area contributed by atoms with Crippen molar-refractivity contribution >= 4 is 23.6 Å². The minimum Gasteiger partial charge on any atom is -0.491 e. The molecular formula is C18H23ClN2O5. The van der Waals surface area contributed by atoms with Crippen molar-refractivity contribution in [2.75, 3.05) is 20.8 Å². The lowest BCUT2D eigenvalue weighted by molar-refractivity contribution is -0.136. The van der Waals surface area contributed by atoms with E-state index in [-0.39, 0.29) is 5.92 Å². The number of carbonyl (C=O) groups excluding carboxylic acids is 2. The first kappa shape index (κ1) is 19.9. The van der Waals surface area contributed by atoms with Gasteiger partial charge < -0.3 is 24.8 Å². The van der Waals surface area contributed by atoms with E-state index in [0.717, 1.165) is 0 Å². The fourth-order valence-electron chi connectivity index (χ4n) is 2.84. The number of rotatable bonds is 6. The average Bonchev–Trinajstić information content (AvgIpc) is 2.60. The summed E-state index contributed by atoms with van der Waals surface area (Å²) in [7, 11) is 2.79. The molecule has 8 heteroatoms. The first-order valence-corrected chi connectivity index (χ1v) is 8.61. The molecule has 0 spiro atoms. The predicted molar refractivity (Wildman–Crippen MR) is 97.5 cm³/mol. The molecule has 1 unspecified atom stereocenters.